The summed E-state index contributed by atoms with van der Waals surface area (Å²) in [6, 6.07) is 14.4. The van der Waals surface area contributed by atoms with Crippen molar-refractivity contribution in [1.29, 1.82) is 0 Å². The van der Waals surface area contributed by atoms with Crippen LogP contribution in [-0.4, -0.2) is 40.3 Å². The van der Waals surface area contributed by atoms with Gasteiger partial charge in [-0.15, -0.1) is 0 Å². The average molecular weight is 421 g/mol. The summed E-state index contributed by atoms with van der Waals surface area (Å²) in [5.41, 5.74) is 7.55. The molecule has 0 aliphatic carbocycles. The first-order valence-electron chi connectivity index (χ1n) is 8.12. The SMILES string of the molecule is N[C@H](Cc1ccccc1)[C@H](O)C(=O)N[C@@H](Cc1ccc(Br)cc1)C(=O)O. The van der Waals surface area contributed by atoms with Crippen molar-refractivity contribution >= 4 is 27.8 Å². The number of amides is 1. The van der Waals surface area contributed by atoms with Gasteiger partial charge in [0, 0.05) is 16.9 Å². The van der Waals surface area contributed by atoms with E-state index in [1.54, 1.807) is 24.3 Å². The number of benzene rings is 2. The lowest BCUT2D eigenvalue weighted by Crippen LogP contribution is -2.52. The van der Waals surface area contributed by atoms with E-state index in [0.717, 1.165) is 15.6 Å². The second-order valence-corrected chi connectivity index (χ2v) is 6.94. The molecule has 0 bridgehead atoms. The van der Waals surface area contributed by atoms with Gasteiger partial charge in [0.1, 0.15) is 12.1 Å². The molecule has 26 heavy (non-hydrogen) atoms. The second kappa shape index (κ2) is 9.47. The summed E-state index contributed by atoms with van der Waals surface area (Å²) < 4.78 is 0.875. The van der Waals surface area contributed by atoms with Crippen molar-refractivity contribution in [2.45, 2.75) is 31.0 Å². The molecule has 0 spiro atoms. The first-order valence-corrected chi connectivity index (χ1v) is 8.91. The summed E-state index contributed by atoms with van der Waals surface area (Å²) in [7, 11) is 0. The minimum Gasteiger partial charge on any atom is -0.480 e. The number of hydrogen-bond donors (Lipinski definition) is 4. The van der Waals surface area contributed by atoms with E-state index < -0.39 is 30.1 Å². The maximum absolute atomic E-state index is 12.2. The standard InChI is InChI=1S/C19H21BrN2O4/c20-14-8-6-13(7-9-14)11-16(19(25)26)22-18(24)17(23)15(21)10-12-4-2-1-3-5-12/h1-9,15-17,23H,10-11,21H2,(H,22,24)(H,25,26)/t15-,16+,17+/m1/s1. The molecule has 0 heterocycles. The Hall–Kier alpha value is -2.22. The van der Waals surface area contributed by atoms with Crippen LogP contribution in [0.4, 0.5) is 0 Å². The zero-order valence-corrected chi connectivity index (χ0v) is 15.6. The number of aliphatic hydroxyl groups is 1. The van der Waals surface area contributed by atoms with Gasteiger partial charge in [0.2, 0.25) is 0 Å². The topological polar surface area (TPSA) is 113 Å². The van der Waals surface area contributed by atoms with Gasteiger partial charge < -0.3 is 21.3 Å². The fraction of sp³-hybridized carbons (Fsp3) is 0.263. The average Bonchev–Trinajstić information content (AvgIpc) is 2.62. The van der Waals surface area contributed by atoms with E-state index in [4.69, 9.17) is 5.73 Å². The minimum atomic E-state index is -1.50. The lowest BCUT2D eigenvalue weighted by atomic mass is 10.0. The molecule has 0 fully saturated rings. The van der Waals surface area contributed by atoms with Gasteiger partial charge in [-0.25, -0.2) is 4.79 Å². The van der Waals surface area contributed by atoms with Crippen molar-refractivity contribution in [3.8, 4) is 0 Å². The number of aliphatic hydroxyl groups excluding tert-OH is 1. The van der Waals surface area contributed by atoms with E-state index in [-0.39, 0.29) is 6.42 Å². The number of hydrogen-bond acceptors (Lipinski definition) is 4. The van der Waals surface area contributed by atoms with Gasteiger partial charge in [-0.1, -0.05) is 58.4 Å². The van der Waals surface area contributed by atoms with Crippen LogP contribution in [0.5, 0.6) is 0 Å². The molecule has 0 aliphatic rings. The normalized spacial score (nSPS) is 14.3. The quantitative estimate of drug-likeness (QED) is 0.516. The smallest absolute Gasteiger partial charge is 0.326 e. The van der Waals surface area contributed by atoms with E-state index in [9.17, 15) is 19.8 Å². The summed E-state index contributed by atoms with van der Waals surface area (Å²) in [6.07, 6.45) is -1.09. The number of carboxylic acids is 1. The van der Waals surface area contributed by atoms with Crippen molar-refractivity contribution < 1.29 is 19.8 Å². The Kier molecular flexibility index (Phi) is 7.32. The van der Waals surface area contributed by atoms with Crippen LogP contribution < -0.4 is 11.1 Å². The molecule has 6 nitrogen and oxygen atoms in total. The highest BCUT2D eigenvalue weighted by Gasteiger charge is 2.28. The Bertz CT molecular complexity index is 737. The molecule has 2 aromatic carbocycles. The minimum absolute atomic E-state index is 0.106. The third-order valence-corrected chi connectivity index (χ3v) is 4.48. The number of nitrogens with one attached hydrogen (secondary N) is 1. The fourth-order valence-electron chi connectivity index (χ4n) is 2.51. The Morgan fingerprint density at radius 3 is 2.15 bits per heavy atom. The second-order valence-electron chi connectivity index (χ2n) is 6.03. The molecule has 3 atom stereocenters. The van der Waals surface area contributed by atoms with Crippen molar-refractivity contribution in [2.75, 3.05) is 0 Å². The Morgan fingerprint density at radius 1 is 1.00 bits per heavy atom. The van der Waals surface area contributed by atoms with Crippen LogP contribution in [0.3, 0.4) is 0 Å². The van der Waals surface area contributed by atoms with Crippen LogP contribution in [0.25, 0.3) is 0 Å². The molecular formula is C19H21BrN2O4. The lowest BCUT2D eigenvalue weighted by molar-refractivity contribution is -0.143. The third kappa shape index (κ3) is 5.94. The summed E-state index contributed by atoms with van der Waals surface area (Å²) in [6.45, 7) is 0. The van der Waals surface area contributed by atoms with Gasteiger partial charge in [0.15, 0.2) is 0 Å². The largest absolute Gasteiger partial charge is 0.480 e. The molecule has 0 radical (unpaired) electrons. The van der Waals surface area contributed by atoms with Crippen LogP contribution >= 0.6 is 15.9 Å². The zero-order chi connectivity index (χ0) is 19.1. The van der Waals surface area contributed by atoms with E-state index in [1.807, 2.05) is 30.3 Å². The molecule has 138 valence electrons. The van der Waals surface area contributed by atoms with Gasteiger partial charge in [-0.05, 0) is 29.7 Å². The number of carbonyl (C=O) groups excluding carboxylic acids is 1. The maximum atomic E-state index is 12.2. The number of halogens is 1. The number of aliphatic carboxylic acids is 1. The van der Waals surface area contributed by atoms with E-state index in [1.165, 1.54) is 0 Å². The number of rotatable bonds is 8. The van der Waals surface area contributed by atoms with Gasteiger partial charge in [0.05, 0.1) is 0 Å². The molecule has 0 saturated heterocycles. The van der Waals surface area contributed by atoms with E-state index in [2.05, 4.69) is 21.2 Å². The third-order valence-electron chi connectivity index (χ3n) is 3.96. The highest BCUT2D eigenvalue weighted by molar-refractivity contribution is 9.10. The molecule has 2 rings (SSSR count). The molecule has 1 amide bonds. The number of carbonyl (C=O) groups is 2. The van der Waals surface area contributed by atoms with Crippen molar-refractivity contribution in [2.24, 2.45) is 5.73 Å². The Labute approximate surface area is 160 Å². The first-order chi connectivity index (χ1) is 12.4. The highest BCUT2D eigenvalue weighted by atomic mass is 79.9. The van der Waals surface area contributed by atoms with Gasteiger partial charge >= 0.3 is 5.97 Å². The summed E-state index contributed by atoms with van der Waals surface area (Å²) in [5.74, 6) is -1.97. The molecule has 0 aliphatic heterocycles. The van der Waals surface area contributed by atoms with E-state index >= 15 is 0 Å². The van der Waals surface area contributed by atoms with Crippen molar-refractivity contribution in [3.05, 3.63) is 70.2 Å². The molecule has 0 aromatic heterocycles. The van der Waals surface area contributed by atoms with Crippen LogP contribution in [-0.2, 0) is 22.4 Å². The highest BCUT2D eigenvalue weighted by Crippen LogP contribution is 2.12. The molecule has 0 saturated carbocycles. The molecule has 2 aromatic rings. The first kappa shape index (κ1) is 20.1. The summed E-state index contributed by atoms with van der Waals surface area (Å²) in [5, 5.41) is 21.9. The fourth-order valence-corrected chi connectivity index (χ4v) is 2.77. The van der Waals surface area contributed by atoms with Crippen LogP contribution in [0, 0.1) is 0 Å². The monoisotopic (exact) mass is 420 g/mol. The molecule has 5 N–H and O–H groups in total. The predicted molar refractivity (Wildman–Crippen MR) is 102 cm³/mol. The Balaban J connectivity index is 1.97. The molecular weight excluding hydrogens is 400 g/mol. The van der Waals surface area contributed by atoms with Crippen LogP contribution in [0.15, 0.2) is 59.1 Å². The van der Waals surface area contributed by atoms with Gasteiger partial charge in [-0.2, -0.15) is 0 Å². The van der Waals surface area contributed by atoms with Gasteiger partial charge in [-0.3, -0.25) is 4.79 Å². The lowest BCUT2D eigenvalue weighted by Gasteiger charge is -2.21. The van der Waals surface area contributed by atoms with Crippen molar-refractivity contribution in [3.63, 3.8) is 0 Å². The summed E-state index contributed by atoms with van der Waals surface area (Å²) in [4.78, 5) is 23.7. The van der Waals surface area contributed by atoms with Crippen molar-refractivity contribution in [1.82, 2.24) is 5.32 Å². The zero-order valence-electron chi connectivity index (χ0n) is 14.0. The van der Waals surface area contributed by atoms with Crippen LogP contribution in [0.2, 0.25) is 0 Å². The van der Waals surface area contributed by atoms with Crippen LogP contribution in [0.1, 0.15) is 11.1 Å². The Morgan fingerprint density at radius 2 is 1.58 bits per heavy atom. The molecule has 0 unspecified atom stereocenters. The van der Waals surface area contributed by atoms with Gasteiger partial charge in [0.25, 0.3) is 5.91 Å². The number of nitrogens with two attached hydrogens (primary N) is 1. The predicted octanol–water partition coefficient (Wildman–Crippen LogP) is 1.49. The summed E-state index contributed by atoms with van der Waals surface area (Å²) >= 11 is 3.31. The number of carboxylic acid groups (broad SMARTS) is 1. The maximum Gasteiger partial charge on any atom is 0.326 e. The molecule has 7 heteroatoms. The van der Waals surface area contributed by atoms with E-state index in [0.29, 0.717) is 6.42 Å².